The Kier molecular flexibility index (Phi) is 7.20. The van der Waals surface area contributed by atoms with E-state index in [0.29, 0.717) is 0 Å². The van der Waals surface area contributed by atoms with Gasteiger partial charge in [-0.3, -0.25) is 0 Å². The molecule has 0 amide bonds. The average molecular weight is 717 g/mol. The van der Waals surface area contributed by atoms with E-state index in [2.05, 4.69) is 197 Å². The van der Waals surface area contributed by atoms with E-state index in [-0.39, 0.29) is 0 Å². The minimum absolute atomic E-state index is 0.423. The summed E-state index contributed by atoms with van der Waals surface area (Å²) in [6, 6.07) is 61.2. The van der Waals surface area contributed by atoms with E-state index < -0.39 is 6.29 Å². The van der Waals surface area contributed by atoms with Crippen LogP contribution >= 0.6 is 0 Å². The van der Waals surface area contributed by atoms with Gasteiger partial charge >= 0.3 is 0 Å². The summed E-state index contributed by atoms with van der Waals surface area (Å²) in [5.74, 6) is 0. The molecule has 0 radical (unpaired) electrons. The van der Waals surface area contributed by atoms with Crippen LogP contribution in [0, 0.1) is 0 Å². The number of nitrogens with zero attached hydrogens (tertiary/aromatic N) is 3. The van der Waals surface area contributed by atoms with Crippen LogP contribution < -0.4 is 5.32 Å². The Bertz CT molecular complexity index is 3310. The molecule has 10 aromatic rings. The summed E-state index contributed by atoms with van der Waals surface area (Å²) >= 11 is 0. The summed E-state index contributed by atoms with van der Waals surface area (Å²) in [6.45, 7) is 8.42. The van der Waals surface area contributed by atoms with Gasteiger partial charge in [0.05, 0.1) is 27.8 Å². The molecule has 0 aliphatic carbocycles. The van der Waals surface area contributed by atoms with Gasteiger partial charge in [0.15, 0.2) is 0 Å². The Morgan fingerprint density at radius 3 is 1.96 bits per heavy atom. The standard InChI is InChI=1S/C52H36N4/c1-3-36-45(4-2)53-52(54-51(36)41-26-16-18-33-17-8-9-21-37(33)41)56-46-27-14-12-23-39(46)44-31-34(29-30-48(44)56)43-32-49-50(40-24-11-10-22-38(40)43)42-25-13-15-28-47(42)55(49)35-19-6-5-7-20-35/h3-32,52-53H,1-2H2. The monoisotopic (exact) mass is 716 g/mol. The van der Waals surface area contributed by atoms with Crippen molar-refractivity contribution >= 4 is 70.9 Å². The van der Waals surface area contributed by atoms with Crippen molar-refractivity contribution in [2.24, 2.45) is 4.99 Å². The van der Waals surface area contributed by atoms with Crippen molar-refractivity contribution in [1.29, 1.82) is 0 Å². The maximum Gasteiger partial charge on any atom is 0.201 e. The third kappa shape index (κ3) is 4.69. The molecule has 4 heteroatoms. The maximum absolute atomic E-state index is 5.50. The van der Waals surface area contributed by atoms with Gasteiger partial charge < -0.3 is 14.5 Å². The van der Waals surface area contributed by atoms with Crippen LogP contribution in [0.4, 0.5) is 0 Å². The van der Waals surface area contributed by atoms with Gasteiger partial charge in [-0.2, -0.15) is 0 Å². The number of nitrogens with one attached hydrogen (secondary N) is 1. The summed E-state index contributed by atoms with van der Waals surface area (Å²) in [6.07, 6.45) is 3.34. The smallest absolute Gasteiger partial charge is 0.201 e. The van der Waals surface area contributed by atoms with Crippen molar-refractivity contribution in [3.8, 4) is 16.8 Å². The Balaban J connectivity index is 1.15. The molecule has 1 unspecified atom stereocenters. The molecule has 0 fully saturated rings. The number of aromatic nitrogens is 2. The van der Waals surface area contributed by atoms with Crippen molar-refractivity contribution in [1.82, 2.24) is 14.5 Å². The zero-order valence-electron chi connectivity index (χ0n) is 30.7. The number of benzene rings is 8. The van der Waals surface area contributed by atoms with Crippen LogP contribution in [0.25, 0.3) is 82.0 Å². The lowest BCUT2D eigenvalue weighted by Crippen LogP contribution is -2.31. The van der Waals surface area contributed by atoms with Gasteiger partial charge in [0.2, 0.25) is 6.29 Å². The van der Waals surface area contributed by atoms with Crippen molar-refractivity contribution in [2.45, 2.75) is 6.29 Å². The fourth-order valence-corrected chi connectivity index (χ4v) is 9.07. The molecule has 4 nitrogen and oxygen atoms in total. The van der Waals surface area contributed by atoms with Gasteiger partial charge in [0, 0.05) is 44.1 Å². The lowest BCUT2D eigenvalue weighted by atomic mass is 9.94. The number of hydrogen-bond donors (Lipinski definition) is 1. The molecule has 0 bridgehead atoms. The Hall–Kier alpha value is -7.43. The number of allylic oxidation sites excluding steroid dienone is 3. The Morgan fingerprint density at radius 2 is 1.16 bits per heavy atom. The highest BCUT2D eigenvalue weighted by Gasteiger charge is 2.27. The highest BCUT2D eigenvalue weighted by Crippen LogP contribution is 2.43. The molecule has 8 aromatic carbocycles. The molecule has 1 aliphatic heterocycles. The summed E-state index contributed by atoms with van der Waals surface area (Å²) in [4.78, 5) is 5.50. The van der Waals surface area contributed by atoms with Crippen molar-refractivity contribution in [3.63, 3.8) is 0 Å². The first-order chi connectivity index (χ1) is 27.7. The van der Waals surface area contributed by atoms with E-state index in [9.17, 15) is 0 Å². The topological polar surface area (TPSA) is 34.2 Å². The SMILES string of the molecule is C=CC1=C(C=C)C(c2cccc3ccccc23)=NC(n2c3ccccc3c3cc(-c4cc5c(c6ccccc46)c4ccccc4n5-c4ccccc4)ccc32)N1. The second-order valence-corrected chi connectivity index (χ2v) is 14.4. The third-order valence-corrected chi connectivity index (χ3v) is 11.5. The van der Waals surface area contributed by atoms with Gasteiger partial charge in [-0.25, -0.2) is 4.99 Å². The number of fused-ring (bicyclic) bond motifs is 9. The average Bonchev–Trinajstić information content (AvgIpc) is 3.78. The minimum Gasteiger partial charge on any atom is -0.346 e. The first kappa shape index (κ1) is 32.0. The molecule has 0 spiro atoms. The fraction of sp³-hybridized carbons (Fsp3) is 0.0192. The van der Waals surface area contributed by atoms with Crippen LogP contribution in [0.5, 0.6) is 0 Å². The normalized spacial score (nSPS) is 14.6. The summed E-state index contributed by atoms with van der Waals surface area (Å²) < 4.78 is 4.74. The first-order valence-electron chi connectivity index (χ1n) is 19.1. The van der Waals surface area contributed by atoms with Crippen LogP contribution in [0.15, 0.2) is 211 Å². The Labute approximate surface area is 324 Å². The quantitative estimate of drug-likeness (QED) is 0.183. The first-order valence-corrected chi connectivity index (χ1v) is 19.1. The van der Waals surface area contributed by atoms with Gasteiger partial charge in [-0.15, -0.1) is 0 Å². The zero-order valence-corrected chi connectivity index (χ0v) is 30.7. The molecular formula is C52H36N4. The molecule has 0 saturated heterocycles. The second-order valence-electron chi connectivity index (χ2n) is 14.4. The zero-order chi connectivity index (χ0) is 37.3. The van der Waals surface area contributed by atoms with E-state index in [1.165, 1.54) is 59.9 Å². The van der Waals surface area contributed by atoms with Gasteiger partial charge in [0.1, 0.15) is 0 Å². The minimum atomic E-state index is -0.423. The van der Waals surface area contributed by atoms with Crippen molar-refractivity contribution in [3.05, 3.63) is 212 Å². The number of aliphatic imine (C=N–C) groups is 1. The van der Waals surface area contributed by atoms with Crippen LogP contribution in [0.1, 0.15) is 11.9 Å². The highest BCUT2D eigenvalue weighted by molar-refractivity contribution is 6.25. The molecule has 264 valence electrons. The molecule has 1 aliphatic rings. The van der Waals surface area contributed by atoms with E-state index in [1.807, 2.05) is 12.2 Å². The summed E-state index contributed by atoms with van der Waals surface area (Å²) in [7, 11) is 0. The van der Waals surface area contributed by atoms with Crippen LogP contribution in [-0.2, 0) is 0 Å². The molecule has 1 N–H and O–H groups in total. The van der Waals surface area contributed by atoms with E-state index in [1.54, 1.807) is 0 Å². The molecule has 1 atom stereocenters. The molecule has 0 saturated carbocycles. The fourth-order valence-electron chi connectivity index (χ4n) is 9.07. The molecule has 3 heterocycles. The van der Waals surface area contributed by atoms with Crippen LogP contribution in [-0.4, -0.2) is 14.8 Å². The van der Waals surface area contributed by atoms with Crippen LogP contribution in [0.2, 0.25) is 0 Å². The predicted molar refractivity (Wildman–Crippen MR) is 237 cm³/mol. The molecule has 56 heavy (non-hydrogen) atoms. The number of rotatable bonds is 6. The van der Waals surface area contributed by atoms with Gasteiger partial charge in [-0.05, 0) is 81.2 Å². The highest BCUT2D eigenvalue weighted by atomic mass is 15.3. The van der Waals surface area contributed by atoms with Gasteiger partial charge in [-0.1, -0.05) is 147 Å². The van der Waals surface area contributed by atoms with Crippen LogP contribution in [0.3, 0.4) is 0 Å². The predicted octanol–water partition coefficient (Wildman–Crippen LogP) is 13.0. The van der Waals surface area contributed by atoms with Crippen molar-refractivity contribution in [2.75, 3.05) is 0 Å². The van der Waals surface area contributed by atoms with Crippen molar-refractivity contribution < 1.29 is 0 Å². The number of para-hydroxylation sites is 3. The lowest BCUT2D eigenvalue weighted by molar-refractivity contribution is 0.485. The molecule has 2 aromatic heterocycles. The largest absolute Gasteiger partial charge is 0.346 e. The lowest BCUT2D eigenvalue weighted by Gasteiger charge is -2.28. The second kappa shape index (κ2) is 12.6. The van der Waals surface area contributed by atoms with E-state index in [4.69, 9.17) is 4.99 Å². The summed E-state index contributed by atoms with van der Waals surface area (Å²) in [5.41, 5.74) is 11.9. The molecular weight excluding hydrogens is 681 g/mol. The van der Waals surface area contributed by atoms with E-state index in [0.717, 1.165) is 44.7 Å². The third-order valence-electron chi connectivity index (χ3n) is 11.5. The molecule has 11 rings (SSSR count). The summed E-state index contributed by atoms with van der Waals surface area (Å²) in [5, 5.41) is 13.4. The number of hydrogen-bond acceptors (Lipinski definition) is 2. The van der Waals surface area contributed by atoms with Gasteiger partial charge in [0.25, 0.3) is 0 Å². The van der Waals surface area contributed by atoms with E-state index >= 15 is 0 Å². The Morgan fingerprint density at radius 1 is 0.500 bits per heavy atom. The maximum atomic E-state index is 5.50.